The maximum Gasteiger partial charge on any atom is 0.326 e. The molecule has 6 aromatic rings. The van der Waals surface area contributed by atoms with Crippen molar-refractivity contribution < 1.29 is 68.4 Å². The van der Waals surface area contributed by atoms with Crippen LogP contribution in [0.25, 0.3) is 10.9 Å². The molecule has 0 saturated heterocycles. The molecule has 3 aromatic heterocycles. The summed E-state index contributed by atoms with van der Waals surface area (Å²) in [5.41, 5.74) is 19.6. The van der Waals surface area contributed by atoms with Crippen molar-refractivity contribution in [2.45, 2.75) is 126 Å². The van der Waals surface area contributed by atoms with E-state index in [0.717, 1.165) is 0 Å². The molecule has 21 N–H and O–H groups in total. The lowest BCUT2D eigenvalue weighted by Crippen LogP contribution is -2.61. The average molecular weight is 1260 g/mol. The molecular weight excluding hydrogens is 1180 g/mol. The minimum atomic E-state index is -1.76. The van der Waals surface area contributed by atoms with Crippen LogP contribution in [0.1, 0.15) is 74.0 Å². The van der Waals surface area contributed by atoms with Gasteiger partial charge in [-0.25, -0.2) is 14.8 Å². The largest absolute Gasteiger partial charge is 0.508 e. The van der Waals surface area contributed by atoms with Gasteiger partial charge in [0.25, 0.3) is 0 Å². The lowest BCUT2D eigenvalue weighted by Gasteiger charge is -2.29. The second kappa shape index (κ2) is 34.1. The van der Waals surface area contributed by atoms with E-state index in [1.54, 1.807) is 44.3 Å². The summed E-state index contributed by atoms with van der Waals surface area (Å²) in [4.78, 5) is 160. The maximum atomic E-state index is 14.9. The van der Waals surface area contributed by atoms with Gasteiger partial charge in [0.15, 0.2) is 5.96 Å². The molecule has 6 rings (SSSR count). The minimum absolute atomic E-state index is 0.0230. The van der Waals surface area contributed by atoms with Gasteiger partial charge in [0.1, 0.15) is 59.8 Å². The number of aliphatic carboxylic acids is 2. The van der Waals surface area contributed by atoms with Crippen molar-refractivity contribution in [3.8, 4) is 11.5 Å². The zero-order valence-corrected chi connectivity index (χ0v) is 49.9. The Labute approximate surface area is 521 Å². The molecule has 91 heavy (non-hydrogen) atoms. The SMILES string of the molecule is CCC(C)C(NC(=O)C(Cc1c[nH]c2ccccc12)NC(=O)C(CCCN=C(N)N)NC(=O)C(CCC(=O)O)NC(=O)C(Cc1ccc(O)cc1)NC(=O)C(Cc1cnc[nH]1)NC(=O)C(Cc1ccc(O)cc1)NC(=O)CN)C(=O)NC(Cc1cnc[nH]1)C(=O)O. The lowest BCUT2D eigenvalue weighted by atomic mass is 9.96. The third-order valence-electron chi connectivity index (χ3n) is 14.8. The number of para-hydroxylation sites is 1. The number of aromatic amines is 3. The number of carboxylic acid groups (broad SMARTS) is 2. The Morgan fingerprint density at radius 2 is 1.01 bits per heavy atom. The number of aromatic nitrogens is 5. The van der Waals surface area contributed by atoms with E-state index in [1.807, 2.05) is 0 Å². The number of carbonyl (C=O) groups excluding carboxylic acids is 8. The summed E-state index contributed by atoms with van der Waals surface area (Å²) < 4.78 is 0. The molecule has 0 saturated carbocycles. The van der Waals surface area contributed by atoms with Crippen molar-refractivity contribution >= 4 is 76.1 Å². The van der Waals surface area contributed by atoms with Crippen LogP contribution in [0.15, 0.2) is 109 Å². The maximum absolute atomic E-state index is 14.9. The fourth-order valence-electron chi connectivity index (χ4n) is 9.67. The molecule has 9 atom stereocenters. The Balaban J connectivity index is 1.30. The van der Waals surface area contributed by atoms with E-state index >= 15 is 0 Å². The smallest absolute Gasteiger partial charge is 0.326 e. The van der Waals surface area contributed by atoms with Crippen molar-refractivity contribution in [1.82, 2.24) is 67.5 Å². The number of amides is 8. The predicted molar refractivity (Wildman–Crippen MR) is 329 cm³/mol. The Morgan fingerprint density at radius 1 is 0.549 bits per heavy atom. The number of aromatic hydroxyl groups is 2. The van der Waals surface area contributed by atoms with E-state index in [4.69, 9.17) is 17.2 Å². The number of imidazole rings is 2. The number of carboxylic acids is 2. The third kappa shape index (κ3) is 21.8. The molecule has 0 aliphatic carbocycles. The monoisotopic (exact) mass is 1260 g/mol. The molecular formula is C60H77N17O14. The Morgan fingerprint density at radius 3 is 1.51 bits per heavy atom. The lowest BCUT2D eigenvalue weighted by molar-refractivity contribution is -0.142. The van der Waals surface area contributed by atoms with Gasteiger partial charge < -0.3 is 95.1 Å². The number of guanidine groups is 1. The van der Waals surface area contributed by atoms with Gasteiger partial charge in [0.2, 0.25) is 47.3 Å². The highest BCUT2D eigenvalue weighted by Gasteiger charge is 2.37. The number of nitrogens with zero attached hydrogens (tertiary/aromatic N) is 3. The number of hydrogen-bond donors (Lipinski definition) is 18. The number of phenols is 2. The number of benzene rings is 3. The second-order valence-corrected chi connectivity index (χ2v) is 21.6. The first-order chi connectivity index (χ1) is 43.5. The first kappa shape index (κ1) is 69.3. The number of carbonyl (C=O) groups is 10. The molecule has 3 heterocycles. The van der Waals surface area contributed by atoms with Gasteiger partial charge in [-0.2, -0.15) is 0 Å². The molecule has 9 unspecified atom stereocenters. The normalized spacial score (nSPS) is 14.1. The van der Waals surface area contributed by atoms with Crippen LogP contribution in [0, 0.1) is 5.92 Å². The number of H-pyrrole nitrogens is 3. The van der Waals surface area contributed by atoms with Crippen molar-refractivity contribution in [3.63, 3.8) is 0 Å². The Hall–Kier alpha value is -10.8. The van der Waals surface area contributed by atoms with Crippen LogP contribution in [-0.4, -0.2) is 172 Å². The number of fused-ring (bicyclic) bond motifs is 1. The summed E-state index contributed by atoms with van der Waals surface area (Å²) in [7, 11) is 0. The average Bonchev–Trinajstić information content (AvgIpc) is 2.04. The van der Waals surface area contributed by atoms with Crippen LogP contribution >= 0.6 is 0 Å². The molecule has 0 bridgehead atoms. The molecule has 3 aromatic carbocycles. The number of aliphatic imine (C=N–C) groups is 1. The van der Waals surface area contributed by atoms with Crippen LogP contribution in [0.4, 0.5) is 0 Å². The number of phenolic OH excluding ortho intramolecular Hbond substituents is 2. The standard InChI is InChI=1S/C60H77N17O14/c1-3-32(2)51(58(89)76-48(59(90)91)25-37-29-65-31-69-37)77-57(88)46(23-35-27-67-41-8-5-4-7-40(35)41)74-52(83)42(9-6-20-66-60(62)63)71-53(84)43(18-19-50(81)82)72-55(86)45(22-34-12-16-39(79)17-13-34)73-56(87)47(24-36-28-64-30-68-36)75-54(85)44(70-49(80)26-61)21-33-10-14-38(78)15-11-33/h4-5,7-8,10-17,27-32,42-48,51,67,78-79H,3,6,9,18-26,61H2,1-2H3,(H,64,68)(H,65,69)(H,70,80)(H,71,84)(H,72,86)(H,73,87)(H,74,83)(H,75,85)(H,76,89)(H,77,88)(H,81,82)(H,90,91)(H4,62,63,66). The summed E-state index contributed by atoms with van der Waals surface area (Å²) >= 11 is 0. The van der Waals surface area contributed by atoms with Crippen molar-refractivity contribution in [2.24, 2.45) is 28.1 Å². The van der Waals surface area contributed by atoms with Gasteiger partial charge in [0, 0.05) is 86.0 Å². The Bertz CT molecular complexity index is 3460. The molecule has 0 aliphatic heterocycles. The van der Waals surface area contributed by atoms with Crippen molar-refractivity contribution in [3.05, 3.63) is 132 Å². The van der Waals surface area contributed by atoms with Crippen LogP contribution < -0.4 is 59.7 Å². The highest BCUT2D eigenvalue weighted by molar-refractivity contribution is 5.99. The van der Waals surface area contributed by atoms with Crippen LogP contribution in [0.3, 0.4) is 0 Å². The molecule has 31 heteroatoms. The predicted octanol–water partition coefficient (Wildman–Crippen LogP) is -1.58. The molecule has 0 spiro atoms. The molecule has 0 radical (unpaired) electrons. The molecule has 0 aliphatic rings. The fraction of sp³-hybridized carbons (Fsp3) is 0.383. The van der Waals surface area contributed by atoms with Gasteiger partial charge in [-0.05, 0) is 72.2 Å². The fourth-order valence-corrected chi connectivity index (χ4v) is 9.67. The summed E-state index contributed by atoms with van der Waals surface area (Å²) in [6.07, 6.45) is 4.83. The van der Waals surface area contributed by atoms with E-state index < -0.39 is 133 Å². The van der Waals surface area contributed by atoms with Crippen molar-refractivity contribution in [1.29, 1.82) is 0 Å². The number of nitrogens with two attached hydrogens (primary N) is 3. The van der Waals surface area contributed by atoms with Gasteiger partial charge in [-0.1, -0.05) is 62.7 Å². The zero-order valence-electron chi connectivity index (χ0n) is 49.9. The first-order valence-corrected chi connectivity index (χ1v) is 29.2. The van der Waals surface area contributed by atoms with E-state index in [1.165, 1.54) is 73.6 Å². The summed E-state index contributed by atoms with van der Waals surface area (Å²) in [6, 6.07) is 6.35. The highest BCUT2D eigenvalue weighted by Crippen LogP contribution is 2.21. The second-order valence-electron chi connectivity index (χ2n) is 21.6. The first-order valence-electron chi connectivity index (χ1n) is 29.2. The van der Waals surface area contributed by atoms with Crippen molar-refractivity contribution in [2.75, 3.05) is 13.1 Å². The van der Waals surface area contributed by atoms with Crippen LogP contribution in [0.2, 0.25) is 0 Å². The van der Waals surface area contributed by atoms with Gasteiger partial charge in [-0.15, -0.1) is 0 Å². The Kier molecular flexibility index (Phi) is 25.9. The van der Waals surface area contributed by atoms with E-state index in [2.05, 4.69) is 72.4 Å². The molecule has 486 valence electrons. The topological polar surface area (TPSA) is 511 Å². The van der Waals surface area contributed by atoms with Gasteiger partial charge in [0.05, 0.1) is 19.2 Å². The van der Waals surface area contributed by atoms with Gasteiger partial charge in [-0.3, -0.25) is 48.1 Å². The quantitative estimate of drug-likeness (QED) is 0.0120. The highest BCUT2D eigenvalue weighted by atomic mass is 16.4. The molecule has 0 fully saturated rings. The third-order valence-corrected chi connectivity index (χ3v) is 14.8. The molecule has 31 nitrogen and oxygen atoms in total. The van der Waals surface area contributed by atoms with Crippen LogP contribution in [0.5, 0.6) is 11.5 Å². The number of hydrogen-bond acceptors (Lipinski definition) is 16. The number of nitrogens with one attached hydrogen (secondary N) is 11. The zero-order chi connectivity index (χ0) is 66.1. The van der Waals surface area contributed by atoms with Gasteiger partial charge >= 0.3 is 11.9 Å². The molecule has 8 amide bonds. The van der Waals surface area contributed by atoms with Crippen LogP contribution in [-0.2, 0) is 80.0 Å². The summed E-state index contributed by atoms with van der Waals surface area (Å²) in [5, 5.41) is 61.5. The minimum Gasteiger partial charge on any atom is -0.508 e. The van der Waals surface area contributed by atoms with E-state index in [-0.39, 0.29) is 68.9 Å². The number of rotatable bonds is 36. The summed E-state index contributed by atoms with van der Waals surface area (Å²) in [6.45, 7) is 2.86. The van der Waals surface area contributed by atoms with E-state index in [0.29, 0.717) is 45.4 Å². The van der Waals surface area contributed by atoms with E-state index in [9.17, 15) is 68.4 Å². The summed E-state index contributed by atoms with van der Waals surface area (Å²) in [5.74, 6) is -11.2.